The number of nitrogens with two attached hydrogens (primary N) is 1. The number of carbonyl (C=O) groups is 1. The Bertz CT molecular complexity index is 347. The van der Waals surface area contributed by atoms with Crippen LogP contribution in [0.25, 0.3) is 0 Å². The van der Waals surface area contributed by atoms with Gasteiger partial charge in [0.15, 0.2) is 0 Å². The Morgan fingerprint density at radius 3 is 2.82 bits per heavy atom. The van der Waals surface area contributed by atoms with Crippen molar-refractivity contribution in [2.24, 2.45) is 16.8 Å². The van der Waals surface area contributed by atoms with Crippen LogP contribution in [0.15, 0.2) is 16.8 Å². The van der Waals surface area contributed by atoms with Gasteiger partial charge in [-0.05, 0) is 44.9 Å². The number of hydrogen-bond donors (Lipinski definition) is 2. The van der Waals surface area contributed by atoms with Crippen LogP contribution < -0.4 is 11.2 Å². The van der Waals surface area contributed by atoms with Gasteiger partial charge in [0.1, 0.15) is 0 Å². The van der Waals surface area contributed by atoms with E-state index in [0.717, 1.165) is 12.1 Å². The molecule has 1 atom stereocenters. The molecular weight excluding hydrogens is 214 g/mol. The number of primary amides is 1. The van der Waals surface area contributed by atoms with Crippen molar-refractivity contribution in [3.63, 3.8) is 0 Å². The summed E-state index contributed by atoms with van der Waals surface area (Å²) in [6.07, 6.45) is 12.0. The van der Waals surface area contributed by atoms with E-state index in [9.17, 15) is 4.79 Å². The molecule has 3 N–H and O–H groups in total. The molecule has 2 rings (SSSR count). The minimum Gasteiger partial charge on any atom is -0.350 e. The molecule has 17 heavy (non-hydrogen) atoms. The summed E-state index contributed by atoms with van der Waals surface area (Å²) < 4.78 is 0. The topological polar surface area (TPSA) is 67.5 Å². The molecule has 4 heteroatoms. The Morgan fingerprint density at radius 1 is 1.29 bits per heavy atom. The van der Waals surface area contributed by atoms with Crippen LogP contribution in [0.1, 0.15) is 51.4 Å². The molecule has 2 amide bonds. The smallest absolute Gasteiger partial charge is 0.332 e. The molecule has 0 radical (unpaired) electrons. The summed E-state index contributed by atoms with van der Waals surface area (Å²) in [5, 5.41) is 4.19. The van der Waals surface area contributed by atoms with Crippen molar-refractivity contribution in [1.82, 2.24) is 5.43 Å². The standard InChI is InChI=1S/C13H21N3O/c14-13(17)16-15-12-9-5-4-8-11(12)10-6-2-1-3-7-10/h6,11H,1-5,7-9H2,(H3,14,16,17). The van der Waals surface area contributed by atoms with Crippen molar-refractivity contribution in [3.8, 4) is 0 Å². The Balaban J connectivity index is 2.08. The van der Waals surface area contributed by atoms with Gasteiger partial charge in [-0.15, -0.1) is 0 Å². The number of nitrogens with zero attached hydrogens (tertiary/aromatic N) is 1. The highest BCUT2D eigenvalue weighted by atomic mass is 16.2. The third kappa shape index (κ3) is 3.32. The Kier molecular flexibility index (Phi) is 4.18. The zero-order valence-corrected chi connectivity index (χ0v) is 10.2. The summed E-state index contributed by atoms with van der Waals surface area (Å²) in [6.45, 7) is 0. The summed E-state index contributed by atoms with van der Waals surface area (Å²) in [5.74, 6) is 0.455. The zero-order chi connectivity index (χ0) is 12.1. The average Bonchev–Trinajstić information content (AvgIpc) is 2.38. The molecule has 2 aliphatic rings. The monoisotopic (exact) mass is 235 g/mol. The fraction of sp³-hybridized carbons (Fsp3) is 0.692. The highest BCUT2D eigenvalue weighted by Gasteiger charge is 2.24. The quantitative estimate of drug-likeness (QED) is 0.561. The second-order valence-electron chi connectivity index (χ2n) is 4.90. The predicted octanol–water partition coefficient (Wildman–Crippen LogP) is 2.70. The predicted molar refractivity (Wildman–Crippen MR) is 68.7 cm³/mol. The minimum atomic E-state index is -0.570. The molecule has 0 saturated heterocycles. The molecule has 1 unspecified atom stereocenters. The van der Waals surface area contributed by atoms with E-state index >= 15 is 0 Å². The highest BCUT2D eigenvalue weighted by Crippen LogP contribution is 2.33. The van der Waals surface area contributed by atoms with Crippen molar-refractivity contribution in [3.05, 3.63) is 11.6 Å². The second-order valence-corrected chi connectivity index (χ2v) is 4.90. The van der Waals surface area contributed by atoms with Crippen molar-refractivity contribution >= 4 is 11.7 Å². The van der Waals surface area contributed by atoms with Crippen molar-refractivity contribution in [1.29, 1.82) is 0 Å². The first-order valence-corrected chi connectivity index (χ1v) is 6.58. The maximum atomic E-state index is 10.7. The molecule has 0 heterocycles. The van der Waals surface area contributed by atoms with Crippen LogP contribution in [0.2, 0.25) is 0 Å². The van der Waals surface area contributed by atoms with Crippen LogP contribution in [0.4, 0.5) is 4.79 Å². The first-order chi connectivity index (χ1) is 8.27. The van der Waals surface area contributed by atoms with Gasteiger partial charge in [-0.3, -0.25) is 0 Å². The number of hydrogen-bond acceptors (Lipinski definition) is 2. The maximum Gasteiger partial charge on any atom is 0.332 e. The van der Waals surface area contributed by atoms with Gasteiger partial charge in [0.25, 0.3) is 0 Å². The fourth-order valence-electron chi connectivity index (χ4n) is 2.84. The van der Waals surface area contributed by atoms with Crippen molar-refractivity contribution in [2.45, 2.75) is 51.4 Å². The summed E-state index contributed by atoms with van der Waals surface area (Å²) >= 11 is 0. The SMILES string of the molecule is NC(=O)NN=C1CCCCC1C1=CCCCC1. The average molecular weight is 235 g/mol. The van der Waals surface area contributed by atoms with Crippen LogP contribution in [0.5, 0.6) is 0 Å². The Labute approximate surface area is 102 Å². The number of nitrogens with one attached hydrogen (secondary N) is 1. The normalized spacial score (nSPS) is 27.6. The van der Waals surface area contributed by atoms with Gasteiger partial charge in [-0.25, -0.2) is 10.2 Å². The lowest BCUT2D eigenvalue weighted by Crippen LogP contribution is -2.30. The van der Waals surface area contributed by atoms with E-state index < -0.39 is 6.03 Å². The first-order valence-electron chi connectivity index (χ1n) is 6.58. The van der Waals surface area contributed by atoms with E-state index in [4.69, 9.17) is 5.73 Å². The Hall–Kier alpha value is -1.32. The lowest BCUT2D eigenvalue weighted by atomic mass is 9.78. The lowest BCUT2D eigenvalue weighted by molar-refractivity contribution is 0.249. The van der Waals surface area contributed by atoms with Crippen molar-refractivity contribution in [2.75, 3.05) is 0 Å². The molecule has 0 aromatic rings. The molecule has 1 fully saturated rings. The molecule has 0 spiro atoms. The number of rotatable bonds is 2. The van der Waals surface area contributed by atoms with E-state index in [2.05, 4.69) is 16.6 Å². The second kappa shape index (κ2) is 5.84. The van der Waals surface area contributed by atoms with Gasteiger partial charge in [0.2, 0.25) is 0 Å². The first kappa shape index (κ1) is 12.1. The molecule has 94 valence electrons. The number of amides is 2. The van der Waals surface area contributed by atoms with E-state index in [1.54, 1.807) is 0 Å². The van der Waals surface area contributed by atoms with E-state index in [1.165, 1.54) is 50.5 Å². The lowest BCUT2D eigenvalue weighted by Gasteiger charge is -2.28. The zero-order valence-electron chi connectivity index (χ0n) is 10.2. The van der Waals surface area contributed by atoms with Gasteiger partial charge in [-0.2, -0.15) is 5.10 Å². The van der Waals surface area contributed by atoms with Crippen LogP contribution in [-0.2, 0) is 0 Å². The van der Waals surface area contributed by atoms with Gasteiger partial charge in [-0.1, -0.05) is 18.1 Å². The van der Waals surface area contributed by atoms with Gasteiger partial charge in [0, 0.05) is 11.6 Å². The fourth-order valence-corrected chi connectivity index (χ4v) is 2.84. The number of allylic oxidation sites excluding steroid dienone is 2. The summed E-state index contributed by atoms with van der Waals surface area (Å²) in [7, 11) is 0. The van der Waals surface area contributed by atoms with Gasteiger partial charge >= 0.3 is 6.03 Å². The van der Waals surface area contributed by atoms with E-state index in [-0.39, 0.29) is 0 Å². The Morgan fingerprint density at radius 2 is 2.12 bits per heavy atom. The molecule has 1 saturated carbocycles. The van der Waals surface area contributed by atoms with Crippen LogP contribution in [0, 0.1) is 5.92 Å². The van der Waals surface area contributed by atoms with Crippen LogP contribution in [0.3, 0.4) is 0 Å². The third-order valence-electron chi connectivity index (χ3n) is 3.66. The summed E-state index contributed by atoms with van der Waals surface area (Å²) in [4.78, 5) is 10.7. The highest BCUT2D eigenvalue weighted by molar-refractivity contribution is 5.90. The third-order valence-corrected chi connectivity index (χ3v) is 3.66. The van der Waals surface area contributed by atoms with Crippen LogP contribution >= 0.6 is 0 Å². The molecule has 0 bridgehead atoms. The molecule has 4 nitrogen and oxygen atoms in total. The van der Waals surface area contributed by atoms with Gasteiger partial charge in [0.05, 0.1) is 0 Å². The van der Waals surface area contributed by atoms with Gasteiger partial charge < -0.3 is 5.73 Å². The van der Waals surface area contributed by atoms with Crippen molar-refractivity contribution < 1.29 is 4.79 Å². The number of carbonyl (C=O) groups excluding carboxylic acids is 1. The maximum absolute atomic E-state index is 10.7. The summed E-state index contributed by atoms with van der Waals surface area (Å²) in [5.41, 5.74) is 10.1. The number of hydrazone groups is 1. The van der Waals surface area contributed by atoms with Crippen LogP contribution in [-0.4, -0.2) is 11.7 Å². The number of urea groups is 1. The molecule has 2 aliphatic carbocycles. The molecule has 0 aromatic heterocycles. The van der Waals surface area contributed by atoms with E-state index in [0.29, 0.717) is 5.92 Å². The molecule has 0 aromatic carbocycles. The largest absolute Gasteiger partial charge is 0.350 e. The molecule has 0 aliphatic heterocycles. The minimum absolute atomic E-state index is 0.455. The van der Waals surface area contributed by atoms with E-state index in [1.807, 2.05) is 0 Å². The summed E-state index contributed by atoms with van der Waals surface area (Å²) in [6, 6.07) is -0.570. The molecular formula is C13H21N3O.